The molecule has 1 aliphatic heterocycles. The van der Waals surface area contributed by atoms with Gasteiger partial charge in [-0.2, -0.15) is 0 Å². The number of methoxy groups -OCH3 is 1. The van der Waals surface area contributed by atoms with Gasteiger partial charge < -0.3 is 19.9 Å². The summed E-state index contributed by atoms with van der Waals surface area (Å²) in [6.45, 7) is 2.14. The maximum absolute atomic E-state index is 5.44. The normalized spacial score (nSPS) is 16.5. The fourth-order valence-electron chi connectivity index (χ4n) is 3.64. The largest absolute Gasteiger partial charge is 0.497 e. The highest BCUT2D eigenvalue weighted by Crippen LogP contribution is 2.28. The summed E-state index contributed by atoms with van der Waals surface area (Å²) in [7, 11) is 1.68. The van der Waals surface area contributed by atoms with E-state index in [9.17, 15) is 0 Å². The Bertz CT molecular complexity index is 1300. The lowest BCUT2D eigenvalue weighted by molar-refractivity contribution is 0.414. The van der Waals surface area contributed by atoms with Crippen molar-refractivity contribution in [3.8, 4) is 5.75 Å². The second kappa shape index (κ2) is 7.75. The number of benzene rings is 1. The van der Waals surface area contributed by atoms with Gasteiger partial charge in [0.05, 0.1) is 29.4 Å². The molecular formula is C21H21N7OS. The Balaban J connectivity index is 1.57. The summed E-state index contributed by atoms with van der Waals surface area (Å²) >= 11 is 1.69. The quantitative estimate of drug-likeness (QED) is 0.499. The molecule has 30 heavy (non-hydrogen) atoms. The zero-order valence-electron chi connectivity index (χ0n) is 16.6. The van der Waals surface area contributed by atoms with E-state index < -0.39 is 0 Å². The predicted octanol–water partition coefficient (Wildman–Crippen LogP) is 2.52. The van der Waals surface area contributed by atoms with Crippen molar-refractivity contribution < 1.29 is 4.74 Å². The SMILES string of the molecule is CCC(Nc1ncnc2nc[nH]c12)C1N=c2ccsc2=CN1c1cccc(OC)c1. The molecule has 0 fully saturated rings. The van der Waals surface area contributed by atoms with Crippen LogP contribution in [0.2, 0.25) is 0 Å². The topological polar surface area (TPSA) is 91.3 Å². The van der Waals surface area contributed by atoms with Crippen LogP contribution in [0.5, 0.6) is 5.75 Å². The van der Waals surface area contributed by atoms with E-state index in [1.165, 1.54) is 6.33 Å². The van der Waals surface area contributed by atoms with Gasteiger partial charge in [-0.25, -0.2) is 15.0 Å². The third-order valence-corrected chi connectivity index (χ3v) is 6.02. The standard InChI is InChI=1S/C21H21N7OS/c1-3-15(26-20-18-19(23-11-22-18)24-12-25-20)21-27-16-7-8-30-17(16)10-28(21)13-5-4-6-14(9-13)29-2/h4-12,15,21H,3H2,1-2H3,(H2,22,23,24,25,26). The van der Waals surface area contributed by atoms with E-state index in [0.717, 1.165) is 39.1 Å². The van der Waals surface area contributed by atoms with Crippen molar-refractivity contribution >= 4 is 40.2 Å². The van der Waals surface area contributed by atoms with Gasteiger partial charge in [-0.15, -0.1) is 11.3 Å². The summed E-state index contributed by atoms with van der Waals surface area (Å²) in [5.74, 6) is 1.54. The van der Waals surface area contributed by atoms with Crippen LogP contribution in [0.1, 0.15) is 13.3 Å². The number of aromatic amines is 1. The number of hydrogen-bond acceptors (Lipinski definition) is 8. The highest BCUT2D eigenvalue weighted by atomic mass is 32.1. The number of anilines is 2. The zero-order valence-corrected chi connectivity index (χ0v) is 17.4. The summed E-state index contributed by atoms with van der Waals surface area (Å²) in [4.78, 5) is 23.3. The average molecular weight is 420 g/mol. The van der Waals surface area contributed by atoms with Crippen LogP contribution >= 0.6 is 11.3 Å². The van der Waals surface area contributed by atoms with Crippen LogP contribution in [0, 0.1) is 0 Å². The van der Waals surface area contributed by atoms with Crippen LogP contribution < -0.4 is 24.8 Å². The first kappa shape index (κ1) is 18.6. The molecule has 3 aromatic heterocycles. The number of thiophene rings is 1. The molecule has 2 N–H and O–H groups in total. The van der Waals surface area contributed by atoms with Crippen molar-refractivity contribution in [2.24, 2.45) is 4.99 Å². The molecule has 4 aromatic rings. The lowest BCUT2D eigenvalue weighted by atomic mass is 10.1. The Morgan fingerprint density at radius 2 is 2.20 bits per heavy atom. The number of rotatable bonds is 6. The van der Waals surface area contributed by atoms with Crippen molar-refractivity contribution in [2.45, 2.75) is 25.6 Å². The molecule has 0 saturated heterocycles. The third-order valence-electron chi connectivity index (χ3n) is 5.18. The van der Waals surface area contributed by atoms with Gasteiger partial charge in [0, 0.05) is 18.0 Å². The minimum atomic E-state index is -0.155. The lowest BCUT2D eigenvalue weighted by Crippen LogP contribution is -2.49. The maximum atomic E-state index is 5.44. The van der Waals surface area contributed by atoms with E-state index in [-0.39, 0.29) is 12.2 Å². The highest BCUT2D eigenvalue weighted by Gasteiger charge is 2.28. The first-order chi connectivity index (χ1) is 14.8. The molecule has 0 spiro atoms. The summed E-state index contributed by atoms with van der Waals surface area (Å²) in [6, 6.07) is 10.1. The number of nitrogens with zero attached hydrogens (tertiary/aromatic N) is 5. The van der Waals surface area contributed by atoms with Gasteiger partial charge in [-0.3, -0.25) is 4.99 Å². The van der Waals surface area contributed by atoms with Gasteiger partial charge in [0.1, 0.15) is 23.8 Å². The van der Waals surface area contributed by atoms with Crippen LogP contribution in [0.3, 0.4) is 0 Å². The second-order valence-corrected chi connectivity index (χ2v) is 7.88. The summed E-state index contributed by atoms with van der Waals surface area (Å²) in [5.41, 5.74) is 2.45. The second-order valence-electron chi connectivity index (χ2n) is 6.93. The van der Waals surface area contributed by atoms with E-state index >= 15 is 0 Å². The average Bonchev–Trinajstić information content (AvgIpc) is 3.46. The van der Waals surface area contributed by atoms with Crippen molar-refractivity contribution in [1.82, 2.24) is 19.9 Å². The Hall–Kier alpha value is -3.46. The Morgan fingerprint density at radius 1 is 1.27 bits per heavy atom. The number of aromatic nitrogens is 4. The monoisotopic (exact) mass is 419 g/mol. The fraction of sp³-hybridized carbons (Fsp3) is 0.238. The number of H-pyrrole nitrogens is 1. The molecule has 1 aliphatic rings. The van der Waals surface area contributed by atoms with Crippen molar-refractivity contribution in [3.05, 3.63) is 58.3 Å². The van der Waals surface area contributed by atoms with Crippen molar-refractivity contribution in [2.75, 3.05) is 17.3 Å². The summed E-state index contributed by atoms with van der Waals surface area (Å²) in [5, 5.41) is 6.66. The first-order valence-corrected chi connectivity index (χ1v) is 10.6. The molecular weight excluding hydrogens is 398 g/mol. The number of fused-ring (bicyclic) bond motifs is 2. The fourth-order valence-corrected chi connectivity index (χ4v) is 4.40. The first-order valence-electron chi connectivity index (χ1n) is 9.73. The maximum Gasteiger partial charge on any atom is 0.182 e. The van der Waals surface area contributed by atoms with Crippen molar-refractivity contribution in [1.29, 1.82) is 0 Å². The van der Waals surface area contributed by atoms with Gasteiger partial charge in [-0.05, 0) is 30.0 Å². The molecule has 5 rings (SSSR count). The van der Waals surface area contributed by atoms with Gasteiger partial charge in [-0.1, -0.05) is 13.0 Å². The molecule has 4 heterocycles. The number of imidazole rings is 1. The molecule has 0 bridgehead atoms. The number of hydrogen-bond donors (Lipinski definition) is 2. The van der Waals surface area contributed by atoms with Crippen LogP contribution in [-0.2, 0) is 0 Å². The highest BCUT2D eigenvalue weighted by molar-refractivity contribution is 7.07. The third kappa shape index (κ3) is 3.26. The molecule has 2 atom stereocenters. The Labute approximate surface area is 177 Å². The van der Waals surface area contributed by atoms with E-state index in [0.29, 0.717) is 5.65 Å². The van der Waals surface area contributed by atoms with Gasteiger partial charge >= 0.3 is 0 Å². The minimum absolute atomic E-state index is 0.00176. The summed E-state index contributed by atoms with van der Waals surface area (Å²) in [6.07, 6.45) is 6.02. The smallest absolute Gasteiger partial charge is 0.182 e. The lowest BCUT2D eigenvalue weighted by Gasteiger charge is -2.35. The summed E-state index contributed by atoms with van der Waals surface area (Å²) < 4.78 is 6.59. The van der Waals surface area contributed by atoms with Gasteiger partial charge in [0.25, 0.3) is 0 Å². The van der Waals surface area contributed by atoms with E-state index in [2.05, 4.69) is 60.8 Å². The van der Waals surface area contributed by atoms with Crippen LogP contribution in [0.4, 0.5) is 11.5 Å². The van der Waals surface area contributed by atoms with Crippen LogP contribution in [-0.4, -0.2) is 39.3 Å². The molecule has 0 aliphatic carbocycles. The zero-order chi connectivity index (χ0) is 20.5. The predicted molar refractivity (Wildman–Crippen MR) is 118 cm³/mol. The van der Waals surface area contributed by atoms with Crippen LogP contribution in [0.25, 0.3) is 17.4 Å². The molecule has 0 saturated carbocycles. The molecule has 8 nitrogen and oxygen atoms in total. The van der Waals surface area contributed by atoms with E-state index in [4.69, 9.17) is 9.73 Å². The Kier molecular flexibility index (Phi) is 4.80. The van der Waals surface area contributed by atoms with Crippen LogP contribution in [0.15, 0.2) is 53.4 Å². The van der Waals surface area contributed by atoms with E-state index in [1.807, 2.05) is 18.2 Å². The van der Waals surface area contributed by atoms with E-state index in [1.54, 1.807) is 24.8 Å². The molecule has 9 heteroatoms. The van der Waals surface area contributed by atoms with Gasteiger partial charge in [0.15, 0.2) is 11.5 Å². The molecule has 1 aromatic carbocycles. The molecule has 0 radical (unpaired) electrons. The molecule has 2 unspecified atom stereocenters. The molecule has 152 valence electrons. The number of ether oxygens (including phenoxy) is 1. The molecule has 0 amide bonds. The minimum Gasteiger partial charge on any atom is -0.497 e. The van der Waals surface area contributed by atoms with Gasteiger partial charge in [0.2, 0.25) is 0 Å². The van der Waals surface area contributed by atoms with Crippen molar-refractivity contribution in [3.63, 3.8) is 0 Å². The number of nitrogens with one attached hydrogen (secondary N) is 2. The Morgan fingerprint density at radius 3 is 3.07 bits per heavy atom.